The lowest BCUT2D eigenvalue weighted by atomic mass is 10.2. The van der Waals surface area contributed by atoms with Crippen molar-refractivity contribution in [2.75, 3.05) is 11.9 Å². The molecular weight excluding hydrogens is 548 g/mol. The van der Waals surface area contributed by atoms with Gasteiger partial charge in [0.05, 0.1) is 12.1 Å². The molecule has 0 unspecified atom stereocenters. The standard InChI is InChI=1S/C26H28F4N8O3/c27-21-9-8-20(41-26(28,29)30)13-17(21)15-34-25(40)22(31)16-38(32)12-4-2-5-18-7-10-23(37-36-18)35-24(39)14-19-6-1-3-11-33-19/h1,3,6-11,13,16H,2,4-5,12,14-15,31-32H2,(H,34,40)(H,35,37,39)/b22-16-. The van der Waals surface area contributed by atoms with Crippen LogP contribution in [0.1, 0.15) is 29.8 Å². The molecule has 0 aliphatic heterocycles. The quantitative estimate of drug-likeness (QED) is 0.0788. The van der Waals surface area contributed by atoms with E-state index in [1.54, 1.807) is 36.5 Å². The second kappa shape index (κ2) is 14.6. The molecule has 0 fully saturated rings. The number of nitrogens with zero attached hydrogens (tertiary/aromatic N) is 4. The lowest BCUT2D eigenvalue weighted by Crippen LogP contribution is -2.33. The lowest BCUT2D eigenvalue weighted by molar-refractivity contribution is -0.274. The summed E-state index contributed by atoms with van der Waals surface area (Å²) in [6.45, 7) is -0.0822. The summed E-state index contributed by atoms with van der Waals surface area (Å²) in [5, 5.41) is 14.3. The van der Waals surface area contributed by atoms with Crippen LogP contribution in [-0.2, 0) is 29.0 Å². The van der Waals surface area contributed by atoms with Crippen LogP contribution in [0.3, 0.4) is 0 Å². The number of aryl methyl sites for hydroxylation is 1. The summed E-state index contributed by atoms with van der Waals surface area (Å²) in [5.74, 6) is 3.70. The molecule has 41 heavy (non-hydrogen) atoms. The Hall–Kier alpha value is -4.79. The number of rotatable bonds is 13. The van der Waals surface area contributed by atoms with Gasteiger partial charge < -0.3 is 26.1 Å². The topological polar surface area (TPSA) is 161 Å². The summed E-state index contributed by atoms with van der Waals surface area (Å²) >= 11 is 0. The molecule has 0 bridgehead atoms. The van der Waals surface area contributed by atoms with Gasteiger partial charge in [-0.3, -0.25) is 14.6 Å². The van der Waals surface area contributed by atoms with Gasteiger partial charge in [-0.05, 0) is 61.7 Å². The predicted octanol–water partition coefficient (Wildman–Crippen LogP) is 2.71. The van der Waals surface area contributed by atoms with Crippen LogP contribution >= 0.6 is 0 Å². The van der Waals surface area contributed by atoms with Crippen LogP contribution in [0.5, 0.6) is 5.75 Å². The predicted molar refractivity (Wildman–Crippen MR) is 140 cm³/mol. The van der Waals surface area contributed by atoms with Crippen molar-refractivity contribution in [2.45, 2.75) is 38.6 Å². The number of ether oxygens (including phenoxy) is 1. The van der Waals surface area contributed by atoms with Crippen molar-refractivity contribution in [1.82, 2.24) is 25.5 Å². The third-order valence-corrected chi connectivity index (χ3v) is 5.41. The number of benzene rings is 1. The number of carbonyl (C=O) groups excluding carboxylic acids is 2. The van der Waals surface area contributed by atoms with E-state index < -0.39 is 30.4 Å². The number of carbonyl (C=O) groups is 2. The molecule has 0 saturated heterocycles. The third kappa shape index (κ3) is 11.1. The van der Waals surface area contributed by atoms with Crippen molar-refractivity contribution < 1.29 is 31.9 Å². The minimum absolute atomic E-state index is 0.119. The number of hydrogen-bond acceptors (Lipinski definition) is 9. The van der Waals surface area contributed by atoms with E-state index in [9.17, 15) is 27.2 Å². The van der Waals surface area contributed by atoms with Crippen LogP contribution in [0.15, 0.2) is 66.6 Å². The van der Waals surface area contributed by atoms with Gasteiger partial charge in [0, 0.05) is 36.7 Å². The highest BCUT2D eigenvalue weighted by molar-refractivity contribution is 5.92. The Morgan fingerprint density at radius 2 is 1.85 bits per heavy atom. The zero-order chi connectivity index (χ0) is 29.8. The zero-order valence-electron chi connectivity index (χ0n) is 21.7. The highest BCUT2D eigenvalue weighted by atomic mass is 19.4. The van der Waals surface area contributed by atoms with Crippen LogP contribution in [0.4, 0.5) is 23.4 Å². The molecule has 3 rings (SSSR count). The number of pyridine rings is 1. The van der Waals surface area contributed by atoms with E-state index in [0.717, 1.165) is 18.2 Å². The molecule has 0 atom stereocenters. The first-order valence-corrected chi connectivity index (χ1v) is 12.3. The number of anilines is 1. The first-order chi connectivity index (χ1) is 19.5. The van der Waals surface area contributed by atoms with Gasteiger partial charge >= 0.3 is 6.36 Å². The summed E-state index contributed by atoms with van der Waals surface area (Å²) in [5.41, 5.74) is 6.58. The number of unbranched alkanes of at least 4 members (excludes halogenated alkanes) is 1. The smallest absolute Gasteiger partial charge is 0.406 e. The van der Waals surface area contributed by atoms with Crippen molar-refractivity contribution in [3.8, 4) is 5.75 Å². The van der Waals surface area contributed by atoms with E-state index in [1.807, 2.05) is 0 Å². The zero-order valence-corrected chi connectivity index (χ0v) is 21.7. The van der Waals surface area contributed by atoms with Gasteiger partial charge in [0.2, 0.25) is 5.91 Å². The number of halogens is 4. The summed E-state index contributed by atoms with van der Waals surface area (Å²) in [4.78, 5) is 28.4. The monoisotopic (exact) mass is 576 g/mol. The van der Waals surface area contributed by atoms with Crippen LogP contribution in [0, 0.1) is 5.82 Å². The Balaban J connectivity index is 1.37. The van der Waals surface area contributed by atoms with Gasteiger partial charge in [-0.25, -0.2) is 10.2 Å². The number of nitrogens with two attached hydrogens (primary N) is 2. The van der Waals surface area contributed by atoms with Crippen molar-refractivity contribution in [3.63, 3.8) is 0 Å². The summed E-state index contributed by atoms with van der Waals surface area (Å²) in [7, 11) is 0. The van der Waals surface area contributed by atoms with E-state index >= 15 is 0 Å². The van der Waals surface area contributed by atoms with Crippen LogP contribution in [0.25, 0.3) is 0 Å². The molecule has 0 radical (unpaired) electrons. The van der Waals surface area contributed by atoms with Crippen LogP contribution < -0.4 is 26.9 Å². The Kier molecular flexibility index (Phi) is 10.9. The Bertz CT molecular complexity index is 1340. The maximum absolute atomic E-state index is 13.9. The molecule has 15 heteroatoms. The molecule has 0 aliphatic rings. The molecule has 6 N–H and O–H groups in total. The van der Waals surface area contributed by atoms with Crippen molar-refractivity contribution in [1.29, 1.82) is 0 Å². The first kappa shape index (κ1) is 30.7. The molecular formula is C26H28F4N8O3. The average molecular weight is 577 g/mol. The minimum Gasteiger partial charge on any atom is -0.406 e. The Morgan fingerprint density at radius 3 is 2.54 bits per heavy atom. The van der Waals surface area contributed by atoms with E-state index in [0.29, 0.717) is 43.0 Å². The average Bonchev–Trinajstić information content (AvgIpc) is 2.91. The van der Waals surface area contributed by atoms with Crippen molar-refractivity contribution in [2.24, 2.45) is 11.6 Å². The Labute approximate surface area is 232 Å². The van der Waals surface area contributed by atoms with E-state index in [2.05, 4.69) is 30.6 Å². The maximum Gasteiger partial charge on any atom is 0.573 e. The fourth-order valence-electron chi connectivity index (χ4n) is 3.48. The largest absolute Gasteiger partial charge is 0.573 e. The van der Waals surface area contributed by atoms with Crippen LogP contribution in [-0.4, -0.2) is 44.9 Å². The second-order valence-corrected chi connectivity index (χ2v) is 8.72. The van der Waals surface area contributed by atoms with Gasteiger partial charge in [0.15, 0.2) is 5.82 Å². The molecule has 218 valence electrons. The number of aromatic nitrogens is 3. The SMILES string of the molecule is N/C(=C\N(N)CCCCc1ccc(NC(=O)Cc2ccccn2)nn1)C(=O)NCc1cc(OC(F)(F)F)ccc1F. The Morgan fingerprint density at radius 1 is 1.05 bits per heavy atom. The molecule has 2 aromatic heterocycles. The van der Waals surface area contributed by atoms with Gasteiger partial charge in [-0.1, -0.05) is 6.07 Å². The normalized spacial score (nSPS) is 11.6. The molecule has 3 aromatic rings. The van der Waals surface area contributed by atoms with E-state index in [-0.39, 0.29) is 23.6 Å². The van der Waals surface area contributed by atoms with Gasteiger partial charge in [-0.2, -0.15) is 5.10 Å². The van der Waals surface area contributed by atoms with Crippen molar-refractivity contribution >= 4 is 17.6 Å². The number of hydrazine groups is 1. The molecule has 11 nitrogen and oxygen atoms in total. The lowest BCUT2D eigenvalue weighted by Gasteiger charge is -2.15. The fourth-order valence-corrected chi connectivity index (χ4v) is 3.48. The number of hydrogen-bond donors (Lipinski definition) is 4. The molecule has 0 spiro atoms. The van der Waals surface area contributed by atoms with Crippen molar-refractivity contribution in [3.05, 3.63) is 89.4 Å². The summed E-state index contributed by atoms with van der Waals surface area (Å²) in [6.07, 6.45) is -0.128. The fraction of sp³-hybridized carbons (Fsp3) is 0.269. The highest BCUT2D eigenvalue weighted by Gasteiger charge is 2.31. The highest BCUT2D eigenvalue weighted by Crippen LogP contribution is 2.24. The third-order valence-electron chi connectivity index (χ3n) is 5.41. The second-order valence-electron chi connectivity index (χ2n) is 8.72. The van der Waals surface area contributed by atoms with Gasteiger partial charge in [0.1, 0.15) is 17.3 Å². The van der Waals surface area contributed by atoms with Gasteiger partial charge in [0.25, 0.3) is 5.91 Å². The van der Waals surface area contributed by atoms with Gasteiger partial charge in [-0.15, -0.1) is 18.3 Å². The minimum atomic E-state index is -4.94. The van der Waals surface area contributed by atoms with E-state index in [4.69, 9.17) is 11.6 Å². The molecule has 1 aromatic carbocycles. The van der Waals surface area contributed by atoms with Crippen LogP contribution in [0.2, 0.25) is 0 Å². The summed E-state index contributed by atoms with van der Waals surface area (Å²) in [6, 6.07) is 11.2. The van der Waals surface area contributed by atoms with E-state index in [1.165, 1.54) is 11.2 Å². The maximum atomic E-state index is 13.9. The summed E-state index contributed by atoms with van der Waals surface area (Å²) < 4.78 is 54.8. The number of amides is 2. The molecule has 2 heterocycles. The molecule has 0 aliphatic carbocycles. The number of nitrogens with one attached hydrogen (secondary N) is 2. The molecule has 2 amide bonds. The molecule has 0 saturated carbocycles. The first-order valence-electron chi connectivity index (χ1n) is 12.3. The number of alkyl halides is 3.